The van der Waals surface area contributed by atoms with Gasteiger partial charge >= 0.3 is 0 Å². The second-order valence-corrected chi connectivity index (χ2v) is 7.13. The molecule has 6 heteroatoms. The van der Waals surface area contributed by atoms with E-state index in [1.165, 1.54) is 0 Å². The van der Waals surface area contributed by atoms with Crippen molar-refractivity contribution in [3.05, 3.63) is 71.9 Å². The van der Waals surface area contributed by atoms with Crippen molar-refractivity contribution >= 4 is 40.3 Å². The van der Waals surface area contributed by atoms with Crippen molar-refractivity contribution in [1.82, 2.24) is 15.0 Å². The average molecular weight is 367 g/mol. The van der Waals surface area contributed by atoms with Gasteiger partial charge in [-0.2, -0.15) is 0 Å². The zero-order valence-electron chi connectivity index (χ0n) is 13.5. The molecule has 0 aliphatic carbocycles. The summed E-state index contributed by atoms with van der Waals surface area (Å²) >= 11 is 7.89. The van der Waals surface area contributed by atoms with Crippen LogP contribution in [0.1, 0.15) is 0 Å². The Hall–Kier alpha value is -2.50. The van der Waals surface area contributed by atoms with Crippen LogP contribution in [0.2, 0.25) is 5.02 Å². The third-order valence-electron chi connectivity index (χ3n) is 3.79. The molecule has 4 nitrogen and oxygen atoms in total. The molecule has 0 radical (unpaired) electrons. The first kappa shape index (κ1) is 16.0. The molecule has 0 aliphatic heterocycles. The zero-order chi connectivity index (χ0) is 17.2. The SMILES string of the molecule is CN(Sc1ccc2nc(-c3ccccn3)[nH]c2c1)c1ccccc1Cl. The molecule has 1 N–H and O–H groups in total. The summed E-state index contributed by atoms with van der Waals surface area (Å²) in [6.45, 7) is 0. The number of nitrogens with zero attached hydrogens (tertiary/aromatic N) is 3. The number of hydrogen-bond acceptors (Lipinski definition) is 4. The molecule has 0 amide bonds. The number of pyridine rings is 1. The highest BCUT2D eigenvalue weighted by molar-refractivity contribution is 8.00. The van der Waals surface area contributed by atoms with Crippen molar-refractivity contribution in [3.63, 3.8) is 0 Å². The van der Waals surface area contributed by atoms with Crippen LogP contribution >= 0.6 is 23.5 Å². The van der Waals surface area contributed by atoms with E-state index in [9.17, 15) is 0 Å². The van der Waals surface area contributed by atoms with Crippen LogP contribution in [0.15, 0.2) is 71.8 Å². The normalized spacial score (nSPS) is 11.0. The molecule has 25 heavy (non-hydrogen) atoms. The second-order valence-electron chi connectivity index (χ2n) is 5.52. The fraction of sp³-hybridized carbons (Fsp3) is 0.0526. The molecule has 2 aromatic carbocycles. The molecular weight excluding hydrogens is 352 g/mol. The Morgan fingerprint density at radius 2 is 1.88 bits per heavy atom. The monoisotopic (exact) mass is 366 g/mol. The third-order valence-corrected chi connectivity index (χ3v) is 5.05. The molecule has 0 saturated carbocycles. The largest absolute Gasteiger partial charge is 0.337 e. The number of rotatable bonds is 4. The summed E-state index contributed by atoms with van der Waals surface area (Å²) in [5.74, 6) is 0.775. The summed E-state index contributed by atoms with van der Waals surface area (Å²) < 4.78 is 2.06. The van der Waals surface area contributed by atoms with Gasteiger partial charge in [-0.25, -0.2) is 4.98 Å². The maximum atomic E-state index is 6.27. The van der Waals surface area contributed by atoms with Crippen molar-refractivity contribution in [2.24, 2.45) is 0 Å². The van der Waals surface area contributed by atoms with E-state index in [0.29, 0.717) is 0 Å². The Morgan fingerprint density at radius 1 is 1.04 bits per heavy atom. The fourth-order valence-corrected chi connectivity index (χ4v) is 3.77. The highest BCUT2D eigenvalue weighted by Crippen LogP contribution is 2.33. The predicted molar refractivity (Wildman–Crippen MR) is 105 cm³/mol. The van der Waals surface area contributed by atoms with Gasteiger partial charge in [-0.15, -0.1) is 0 Å². The molecule has 0 atom stereocenters. The Bertz CT molecular complexity index is 1020. The van der Waals surface area contributed by atoms with Crippen molar-refractivity contribution in [2.45, 2.75) is 4.90 Å². The lowest BCUT2D eigenvalue weighted by molar-refractivity contribution is 1.24. The van der Waals surface area contributed by atoms with Crippen LogP contribution in [-0.2, 0) is 0 Å². The van der Waals surface area contributed by atoms with Crippen LogP contribution in [0.25, 0.3) is 22.6 Å². The number of halogens is 1. The van der Waals surface area contributed by atoms with E-state index in [0.717, 1.165) is 38.2 Å². The molecule has 0 fully saturated rings. The van der Waals surface area contributed by atoms with Crippen molar-refractivity contribution in [2.75, 3.05) is 11.4 Å². The lowest BCUT2D eigenvalue weighted by Crippen LogP contribution is -2.06. The Labute approximate surface area is 155 Å². The van der Waals surface area contributed by atoms with Crippen LogP contribution in [-0.4, -0.2) is 22.0 Å². The number of aromatic nitrogens is 3. The van der Waals surface area contributed by atoms with E-state index < -0.39 is 0 Å². The van der Waals surface area contributed by atoms with E-state index in [1.54, 1.807) is 18.1 Å². The Morgan fingerprint density at radius 3 is 2.68 bits per heavy atom. The number of anilines is 1. The summed E-state index contributed by atoms with van der Waals surface area (Å²) in [6.07, 6.45) is 1.77. The van der Waals surface area contributed by atoms with Crippen LogP contribution in [0.3, 0.4) is 0 Å². The van der Waals surface area contributed by atoms with Gasteiger partial charge in [-0.05, 0) is 54.4 Å². The van der Waals surface area contributed by atoms with Gasteiger partial charge in [0.05, 0.1) is 21.7 Å². The molecule has 2 heterocycles. The molecular formula is C19H15ClN4S. The maximum absolute atomic E-state index is 6.27. The van der Waals surface area contributed by atoms with Gasteiger partial charge in [0.1, 0.15) is 5.69 Å². The summed E-state index contributed by atoms with van der Waals surface area (Å²) in [7, 11) is 2.00. The number of para-hydroxylation sites is 1. The van der Waals surface area contributed by atoms with Crippen LogP contribution in [0.4, 0.5) is 5.69 Å². The molecule has 0 bridgehead atoms. The summed E-state index contributed by atoms with van der Waals surface area (Å²) in [5.41, 5.74) is 3.72. The minimum absolute atomic E-state index is 0.734. The van der Waals surface area contributed by atoms with E-state index in [1.807, 2.05) is 55.6 Å². The maximum Gasteiger partial charge on any atom is 0.157 e. The molecule has 2 aromatic heterocycles. The lowest BCUT2D eigenvalue weighted by atomic mass is 10.3. The van der Waals surface area contributed by atoms with Gasteiger partial charge in [0, 0.05) is 18.1 Å². The highest BCUT2D eigenvalue weighted by atomic mass is 35.5. The second kappa shape index (κ2) is 6.78. The van der Waals surface area contributed by atoms with Gasteiger partial charge in [-0.3, -0.25) is 4.98 Å². The number of aromatic amines is 1. The van der Waals surface area contributed by atoms with Gasteiger partial charge in [0.2, 0.25) is 0 Å². The number of fused-ring (bicyclic) bond motifs is 1. The van der Waals surface area contributed by atoms with Crippen LogP contribution in [0, 0.1) is 0 Å². The molecule has 0 unspecified atom stereocenters. The van der Waals surface area contributed by atoms with E-state index in [-0.39, 0.29) is 0 Å². The molecule has 4 rings (SSSR count). The molecule has 0 aliphatic rings. The summed E-state index contributed by atoms with van der Waals surface area (Å²) in [6, 6.07) is 19.8. The number of nitrogens with one attached hydrogen (secondary N) is 1. The summed E-state index contributed by atoms with van der Waals surface area (Å²) in [4.78, 5) is 13.4. The van der Waals surface area contributed by atoms with E-state index >= 15 is 0 Å². The fourth-order valence-electron chi connectivity index (χ4n) is 2.58. The zero-order valence-corrected chi connectivity index (χ0v) is 15.1. The van der Waals surface area contributed by atoms with Gasteiger partial charge in [0.25, 0.3) is 0 Å². The average Bonchev–Trinajstić information content (AvgIpc) is 3.06. The van der Waals surface area contributed by atoms with Gasteiger partial charge in [-0.1, -0.05) is 29.8 Å². The first-order chi connectivity index (χ1) is 12.2. The lowest BCUT2D eigenvalue weighted by Gasteiger charge is -2.18. The standard InChI is InChI=1S/C19H15ClN4S/c1-24(18-8-3-2-6-14(18)20)25-13-9-10-15-17(12-13)23-19(22-15)16-7-4-5-11-21-16/h2-12H,1H3,(H,22,23). The number of hydrogen-bond donors (Lipinski definition) is 1. The Balaban J connectivity index is 1.62. The molecule has 124 valence electrons. The summed E-state index contributed by atoms with van der Waals surface area (Å²) in [5, 5.41) is 0.734. The van der Waals surface area contributed by atoms with Crippen molar-refractivity contribution in [3.8, 4) is 11.5 Å². The van der Waals surface area contributed by atoms with Crippen LogP contribution in [0.5, 0.6) is 0 Å². The number of H-pyrrole nitrogens is 1. The van der Waals surface area contributed by atoms with Gasteiger partial charge < -0.3 is 9.29 Å². The van der Waals surface area contributed by atoms with Crippen molar-refractivity contribution in [1.29, 1.82) is 0 Å². The molecule has 4 aromatic rings. The number of benzene rings is 2. The van der Waals surface area contributed by atoms with Crippen LogP contribution < -0.4 is 4.31 Å². The van der Waals surface area contributed by atoms with E-state index in [2.05, 4.69) is 31.4 Å². The topological polar surface area (TPSA) is 44.8 Å². The quantitative estimate of drug-likeness (QED) is 0.490. The first-order valence-electron chi connectivity index (χ1n) is 7.78. The molecule has 0 spiro atoms. The third kappa shape index (κ3) is 3.34. The number of imidazole rings is 1. The first-order valence-corrected chi connectivity index (χ1v) is 8.93. The van der Waals surface area contributed by atoms with Gasteiger partial charge in [0.15, 0.2) is 5.82 Å². The minimum atomic E-state index is 0.734. The minimum Gasteiger partial charge on any atom is -0.337 e. The smallest absolute Gasteiger partial charge is 0.157 e. The Kier molecular flexibility index (Phi) is 4.34. The molecule has 0 saturated heterocycles. The van der Waals surface area contributed by atoms with Crippen molar-refractivity contribution < 1.29 is 0 Å². The highest BCUT2D eigenvalue weighted by Gasteiger charge is 2.10. The predicted octanol–water partition coefficient (Wildman–Crippen LogP) is 5.42. The van der Waals surface area contributed by atoms with E-state index in [4.69, 9.17) is 11.6 Å².